The first-order valence-corrected chi connectivity index (χ1v) is 10.9. The van der Waals surface area contributed by atoms with Crippen LogP contribution in [0.3, 0.4) is 0 Å². The second-order valence-electron chi connectivity index (χ2n) is 8.18. The monoisotopic (exact) mass is 416 g/mol. The van der Waals surface area contributed by atoms with Crippen LogP contribution in [0.5, 0.6) is 5.75 Å². The summed E-state index contributed by atoms with van der Waals surface area (Å²) in [4.78, 5) is 20.2. The van der Waals surface area contributed by atoms with E-state index in [1.165, 1.54) is 17.0 Å². The van der Waals surface area contributed by atoms with Crippen LogP contribution in [-0.4, -0.2) is 53.4 Å². The lowest BCUT2D eigenvalue weighted by Gasteiger charge is -2.35. The molecule has 1 saturated heterocycles. The lowest BCUT2D eigenvalue weighted by atomic mass is 9.78. The number of carbonyl (C=O) groups is 1. The van der Waals surface area contributed by atoms with E-state index in [1.807, 2.05) is 6.07 Å². The molecule has 6 nitrogen and oxygen atoms in total. The van der Waals surface area contributed by atoms with E-state index in [2.05, 4.69) is 23.7 Å². The van der Waals surface area contributed by atoms with Crippen LogP contribution in [0.15, 0.2) is 24.3 Å². The third-order valence-corrected chi connectivity index (χ3v) is 7.19. The van der Waals surface area contributed by atoms with E-state index >= 15 is 0 Å². The first kappa shape index (κ1) is 20.3. The molecular weight excluding hydrogens is 388 g/mol. The summed E-state index contributed by atoms with van der Waals surface area (Å²) in [7, 11) is 1.36. The number of carbonyl (C=O) groups excluding carboxylic acids is 1. The zero-order valence-electron chi connectivity index (χ0n) is 17.1. The number of benzene rings is 1. The molecule has 156 valence electrons. The number of rotatable bonds is 5. The Morgan fingerprint density at radius 1 is 1.28 bits per heavy atom. The second-order valence-corrected chi connectivity index (χ2v) is 9.47. The first-order valence-electron chi connectivity index (χ1n) is 10.1. The molecule has 2 aromatic rings. The molecule has 7 heteroatoms. The molecule has 0 unspecified atom stereocenters. The fourth-order valence-electron chi connectivity index (χ4n) is 4.53. The van der Waals surface area contributed by atoms with Gasteiger partial charge in [0.2, 0.25) is 0 Å². The molecule has 1 aliphatic heterocycles. The summed E-state index contributed by atoms with van der Waals surface area (Å²) >= 11 is 1.78. The summed E-state index contributed by atoms with van der Waals surface area (Å²) in [6.45, 7) is 7.08. The topological polar surface area (TPSA) is 71.9 Å². The summed E-state index contributed by atoms with van der Waals surface area (Å²) < 4.78 is 10.9. The van der Waals surface area contributed by atoms with E-state index in [0.717, 1.165) is 38.2 Å². The highest BCUT2D eigenvalue weighted by Gasteiger charge is 2.42. The standard InChI is InChI=1S/C22H28N2O4S/c1-13-14(2)29-21(23-13)12-24-10-16-8-19(25)20(9-17(16)11-24)28-18-6-4-5-15(7-18)22(26)27-3/h4-7,16-17,19-20,25H,8-12H2,1-3H3/t16-,17+,19+,20+/m0/s1. The molecule has 1 N–H and O–H groups in total. The van der Waals surface area contributed by atoms with Crippen molar-refractivity contribution in [2.75, 3.05) is 20.2 Å². The van der Waals surface area contributed by atoms with Crippen LogP contribution in [0.1, 0.15) is 38.8 Å². The Morgan fingerprint density at radius 2 is 2.03 bits per heavy atom. The normalized spacial score (nSPS) is 26.9. The first-order chi connectivity index (χ1) is 13.9. The number of methoxy groups -OCH3 is 1. The van der Waals surface area contributed by atoms with Crippen LogP contribution >= 0.6 is 11.3 Å². The predicted octanol–water partition coefficient (Wildman–Crippen LogP) is 3.20. The number of aliphatic hydroxyl groups is 1. The molecule has 4 rings (SSSR count). The fourth-order valence-corrected chi connectivity index (χ4v) is 5.51. The van der Waals surface area contributed by atoms with E-state index in [9.17, 15) is 9.90 Å². The van der Waals surface area contributed by atoms with Gasteiger partial charge in [-0.2, -0.15) is 0 Å². The minimum Gasteiger partial charge on any atom is -0.488 e. The van der Waals surface area contributed by atoms with Crippen molar-refractivity contribution in [3.8, 4) is 5.75 Å². The summed E-state index contributed by atoms with van der Waals surface area (Å²) in [5, 5.41) is 11.8. The summed E-state index contributed by atoms with van der Waals surface area (Å²) in [5.74, 6) is 1.21. The van der Waals surface area contributed by atoms with Crippen LogP contribution in [0.4, 0.5) is 0 Å². The number of aliphatic hydroxyl groups excluding tert-OH is 1. The van der Waals surface area contributed by atoms with Gasteiger partial charge in [-0.05, 0) is 56.7 Å². The molecule has 4 atom stereocenters. The Hall–Kier alpha value is -1.96. The van der Waals surface area contributed by atoms with Gasteiger partial charge in [-0.1, -0.05) is 6.07 Å². The van der Waals surface area contributed by atoms with Gasteiger partial charge >= 0.3 is 5.97 Å². The number of aryl methyl sites for hydroxylation is 2. The van der Waals surface area contributed by atoms with Crippen molar-refractivity contribution in [2.45, 2.75) is 45.4 Å². The highest BCUT2D eigenvalue weighted by Crippen LogP contribution is 2.38. The van der Waals surface area contributed by atoms with Gasteiger partial charge in [-0.3, -0.25) is 4.90 Å². The molecule has 0 radical (unpaired) electrons. The van der Waals surface area contributed by atoms with Crippen molar-refractivity contribution in [2.24, 2.45) is 11.8 Å². The largest absolute Gasteiger partial charge is 0.488 e. The number of likely N-dealkylation sites (tertiary alicyclic amines) is 1. The van der Waals surface area contributed by atoms with Gasteiger partial charge in [0.15, 0.2) is 0 Å². The van der Waals surface area contributed by atoms with Crippen molar-refractivity contribution in [1.29, 1.82) is 0 Å². The maximum absolute atomic E-state index is 11.7. The Bertz CT molecular complexity index is 864. The number of aromatic nitrogens is 1. The highest BCUT2D eigenvalue weighted by molar-refractivity contribution is 7.11. The molecule has 1 aromatic heterocycles. The number of nitrogens with zero attached hydrogens (tertiary/aromatic N) is 2. The van der Waals surface area contributed by atoms with Crippen molar-refractivity contribution in [3.63, 3.8) is 0 Å². The van der Waals surface area contributed by atoms with Gasteiger partial charge in [0.05, 0.1) is 31.0 Å². The zero-order valence-corrected chi connectivity index (χ0v) is 17.9. The summed E-state index contributed by atoms with van der Waals surface area (Å²) in [6.07, 6.45) is 0.815. The Kier molecular flexibility index (Phi) is 5.90. The second kappa shape index (κ2) is 8.42. The summed E-state index contributed by atoms with van der Waals surface area (Å²) in [6, 6.07) is 6.97. The predicted molar refractivity (Wildman–Crippen MR) is 111 cm³/mol. The summed E-state index contributed by atoms with van der Waals surface area (Å²) in [5.41, 5.74) is 1.58. The van der Waals surface area contributed by atoms with Crippen molar-refractivity contribution in [1.82, 2.24) is 9.88 Å². The molecule has 0 spiro atoms. The van der Waals surface area contributed by atoms with Gasteiger partial charge in [-0.15, -0.1) is 11.3 Å². The average Bonchev–Trinajstić information content (AvgIpc) is 3.23. The molecule has 0 bridgehead atoms. The number of esters is 1. The van der Waals surface area contributed by atoms with E-state index in [0.29, 0.717) is 23.1 Å². The van der Waals surface area contributed by atoms with Crippen LogP contribution < -0.4 is 4.74 Å². The molecule has 1 aromatic carbocycles. The van der Waals surface area contributed by atoms with Crippen molar-refractivity contribution in [3.05, 3.63) is 45.4 Å². The number of fused-ring (bicyclic) bond motifs is 1. The molecule has 2 heterocycles. The van der Waals surface area contributed by atoms with Crippen molar-refractivity contribution >= 4 is 17.3 Å². The SMILES string of the molecule is COC(=O)c1cccc(O[C@@H]2C[C@@H]3CN(Cc4nc(C)c(C)s4)C[C@@H]3C[C@H]2O)c1. The van der Waals surface area contributed by atoms with Crippen LogP contribution in [0, 0.1) is 25.7 Å². The molecule has 0 amide bonds. The van der Waals surface area contributed by atoms with Gasteiger partial charge in [0.25, 0.3) is 0 Å². The van der Waals surface area contributed by atoms with Gasteiger partial charge in [0.1, 0.15) is 16.9 Å². The van der Waals surface area contributed by atoms with Crippen molar-refractivity contribution < 1.29 is 19.4 Å². The van der Waals surface area contributed by atoms with Crippen LogP contribution in [-0.2, 0) is 11.3 Å². The Balaban J connectivity index is 1.38. The van der Waals surface area contributed by atoms with Crippen LogP contribution in [0.25, 0.3) is 0 Å². The highest BCUT2D eigenvalue weighted by atomic mass is 32.1. The molecule has 1 saturated carbocycles. The molecule has 2 fully saturated rings. The number of ether oxygens (including phenoxy) is 2. The maximum Gasteiger partial charge on any atom is 0.337 e. The quantitative estimate of drug-likeness (QED) is 0.755. The van der Waals surface area contributed by atoms with Gasteiger partial charge in [0, 0.05) is 18.0 Å². The van der Waals surface area contributed by atoms with E-state index in [-0.39, 0.29) is 12.1 Å². The van der Waals surface area contributed by atoms with E-state index < -0.39 is 6.10 Å². The lowest BCUT2D eigenvalue weighted by molar-refractivity contribution is -0.0231. The Labute approximate surface area is 175 Å². The number of hydrogen-bond donors (Lipinski definition) is 1. The minimum absolute atomic E-state index is 0.256. The lowest BCUT2D eigenvalue weighted by Crippen LogP contribution is -2.42. The Morgan fingerprint density at radius 3 is 2.72 bits per heavy atom. The minimum atomic E-state index is -0.498. The number of hydrogen-bond acceptors (Lipinski definition) is 7. The van der Waals surface area contributed by atoms with Crippen LogP contribution in [0.2, 0.25) is 0 Å². The third kappa shape index (κ3) is 4.47. The smallest absolute Gasteiger partial charge is 0.337 e. The zero-order chi connectivity index (χ0) is 20.5. The van der Waals surface area contributed by atoms with E-state index in [4.69, 9.17) is 9.47 Å². The van der Waals surface area contributed by atoms with Gasteiger partial charge in [-0.25, -0.2) is 9.78 Å². The van der Waals surface area contributed by atoms with Gasteiger partial charge < -0.3 is 14.6 Å². The fraction of sp³-hybridized carbons (Fsp3) is 0.545. The molecular formula is C22H28N2O4S. The molecule has 29 heavy (non-hydrogen) atoms. The maximum atomic E-state index is 11.7. The van der Waals surface area contributed by atoms with E-state index in [1.54, 1.807) is 29.5 Å². The third-order valence-electron chi connectivity index (χ3n) is 6.13. The number of thiazole rings is 1. The molecule has 2 aliphatic rings. The molecule has 1 aliphatic carbocycles. The average molecular weight is 417 g/mol.